The van der Waals surface area contributed by atoms with Gasteiger partial charge < -0.3 is 5.32 Å². The highest BCUT2D eigenvalue weighted by atomic mass is 35.5. The van der Waals surface area contributed by atoms with Gasteiger partial charge in [0.2, 0.25) is 5.91 Å². The maximum atomic E-state index is 13.5. The number of amides is 1. The maximum Gasteiger partial charge on any atom is 0.237 e. The Morgan fingerprint density at radius 3 is 2.85 bits per heavy atom. The van der Waals surface area contributed by atoms with Gasteiger partial charge in [-0.3, -0.25) is 10.1 Å². The average Bonchev–Trinajstić information content (AvgIpc) is 2.59. The van der Waals surface area contributed by atoms with Crippen LogP contribution in [0.3, 0.4) is 0 Å². The van der Waals surface area contributed by atoms with Crippen LogP contribution in [0.4, 0.5) is 4.39 Å². The zero-order chi connectivity index (χ0) is 14.7. The molecule has 1 heterocycles. The van der Waals surface area contributed by atoms with Crippen molar-refractivity contribution in [1.82, 2.24) is 10.6 Å². The van der Waals surface area contributed by atoms with Crippen LogP contribution in [0.1, 0.15) is 37.8 Å². The minimum Gasteiger partial charge on any atom is -0.355 e. The predicted octanol–water partition coefficient (Wildman–Crippen LogP) is 3.45. The molecule has 1 aliphatic rings. The number of nitrogens with one attached hydrogen (secondary N) is 2. The fourth-order valence-corrected chi connectivity index (χ4v) is 2.91. The zero-order valence-corrected chi connectivity index (χ0v) is 12.7. The predicted molar refractivity (Wildman–Crippen MR) is 78.6 cm³/mol. The van der Waals surface area contributed by atoms with E-state index in [0.29, 0.717) is 17.1 Å². The van der Waals surface area contributed by atoms with Crippen molar-refractivity contribution >= 4 is 29.1 Å². The summed E-state index contributed by atoms with van der Waals surface area (Å²) in [7, 11) is 0. The summed E-state index contributed by atoms with van der Waals surface area (Å²) in [5.41, 5.74) is 0.602. The van der Waals surface area contributed by atoms with E-state index in [0.717, 1.165) is 19.3 Å². The molecule has 1 aliphatic heterocycles. The molecule has 20 heavy (non-hydrogen) atoms. The van der Waals surface area contributed by atoms with Gasteiger partial charge in [-0.25, -0.2) is 4.39 Å². The summed E-state index contributed by atoms with van der Waals surface area (Å²) in [6.07, 6.45) is 2.73. The van der Waals surface area contributed by atoms with Crippen molar-refractivity contribution in [3.8, 4) is 0 Å². The molecule has 1 saturated heterocycles. The highest BCUT2D eigenvalue weighted by Gasteiger charge is 2.23. The minimum absolute atomic E-state index is 0.00170. The Bertz CT molecular complexity index is 510. The number of carbonyl (C=O) groups excluding carboxylic acids is 1. The smallest absolute Gasteiger partial charge is 0.237 e. The van der Waals surface area contributed by atoms with Crippen LogP contribution >= 0.6 is 23.2 Å². The summed E-state index contributed by atoms with van der Waals surface area (Å²) in [5, 5.41) is 6.46. The van der Waals surface area contributed by atoms with Gasteiger partial charge in [-0.05, 0) is 43.9 Å². The van der Waals surface area contributed by atoms with E-state index in [-0.39, 0.29) is 23.0 Å². The molecule has 0 aromatic heterocycles. The Kier molecular flexibility index (Phi) is 5.24. The Hall–Kier alpha value is -0.840. The van der Waals surface area contributed by atoms with Crippen molar-refractivity contribution in [2.75, 3.05) is 6.54 Å². The van der Waals surface area contributed by atoms with E-state index < -0.39 is 5.82 Å². The highest BCUT2D eigenvalue weighted by molar-refractivity contribution is 6.35. The van der Waals surface area contributed by atoms with Gasteiger partial charge in [0.25, 0.3) is 0 Å². The monoisotopic (exact) mass is 318 g/mol. The van der Waals surface area contributed by atoms with Crippen LogP contribution in [0.5, 0.6) is 0 Å². The van der Waals surface area contributed by atoms with E-state index in [1.54, 1.807) is 0 Å². The molecule has 2 atom stereocenters. The Morgan fingerprint density at radius 2 is 2.10 bits per heavy atom. The fourth-order valence-electron chi connectivity index (χ4n) is 2.36. The number of benzene rings is 1. The molecule has 1 fully saturated rings. The van der Waals surface area contributed by atoms with E-state index in [4.69, 9.17) is 23.2 Å². The van der Waals surface area contributed by atoms with E-state index in [2.05, 4.69) is 10.6 Å². The summed E-state index contributed by atoms with van der Waals surface area (Å²) in [6.45, 7) is 2.56. The Balaban J connectivity index is 2.13. The molecule has 0 saturated carbocycles. The third-order valence-corrected chi connectivity index (χ3v) is 4.11. The molecule has 1 aromatic rings. The third-order valence-electron chi connectivity index (χ3n) is 3.49. The minimum atomic E-state index is -0.509. The summed E-state index contributed by atoms with van der Waals surface area (Å²) >= 11 is 11.8. The van der Waals surface area contributed by atoms with Crippen LogP contribution in [0.15, 0.2) is 12.1 Å². The second kappa shape index (κ2) is 6.74. The molecule has 3 nitrogen and oxygen atoms in total. The molecule has 1 amide bonds. The van der Waals surface area contributed by atoms with Gasteiger partial charge in [0.05, 0.1) is 11.1 Å². The molecule has 110 valence electrons. The highest BCUT2D eigenvalue weighted by Crippen LogP contribution is 2.29. The number of hydrogen-bond acceptors (Lipinski definition) is 2. The van der Waals surface area contributed by atoms with Gasteiger partial charge in [-0.15, -0.1) is 0 Å². The first kappa shape index (κ1) is 15.5. The van der Waals surface area contributed by atoms with Gasteiger partial charge in [0.1, 0.15) is 5.82 Å². The number of rotatable bonds is 3. The largest absolute Gasteiger partial charge is 0.355 e. The summed E-state index contributed by atoms with van der Waals surface area (Å²) in [5.74, 6) is -0.523. The molecular weight excluding hydrogens is 302 g/mol. The third kappa shape index (κ3) is 3.62. The van der Waals surface area contributed by atoms with Crippen molar-refractivity contribution in [2.24, 2.45) is 0 Å². The van der Waals surface area contributed by atoms with Gasteiger partial charge in [0.15, 0.2) is 0 Å². The first-order valence-electron chi connectivity index (χ1n) is 6.67. The molecule has 2 N–H and O–H groups in total. The van der Waals surface area contributed by atoms with Gasteiger partial charge in [-0.2, -0.15) is 0 Å². The lowest BCUT2D eigenvalue weighted by Gasteiger charge is -2.22. The molecule has 6 heteroatoms. The summed E-state index contributed by atoms with van der Waals surface area (Å²) in [4.78, 5) is 11.9. The maximum absolute atomic E-state index is 13.5. The van der Waals surface area contributed by atoms with Crippen LogP contribution < -0.4 is 10.6 Å². The van der Waals surface area contributed by atoms with E-state index in [1.807, 2.05) is 6.92 Å². The quantitative estimate of drug-likeness (QED) is 0.838. The van der Waals surface area contributed by atoms with Gasteiger partial charge in [-0.1, -0.05) is 23.2 Å². The van der Waals surface area contributed by atoms with Crippen molar-refractivity contribution in [2.45, 2.75) is 38.3 Å². The van der Waals surface area contributed by atoms with E-state index in [1.165, 1.54) is 12.1 Å². The molecule has 0 radical (unpaired) electrons. The number of halogens is 3. The molecular formula is C14H17Cl2FN2O. The van der Waals surface area contributed by atoms with Crippen molar-refractivity contribution in [3.05, 3.63) is 33.6 Å². The zero-order valence-electron chi connectivity index (χ0n) is 11.2. The molecule has 0 aliphatic carbocycles. The number of carbonyl (C=O) groups is 1. The molecule has 0 unspecified atom stereocenters. The SMILES string of the molecule is C[C@H](N[C@@H]1CCCCNC1=O)c1cc(F)c(Cl)cc1Cl. The Labute approximate surface area is 127 Å². The van der Waals surface area contributed by atoms with Crippen LogP contribution in [0.25, 0.3) is 0 Å². The first-order valence-corrected chi connectivity index (χ1v) is 7.43. The fraction of sp³-hybridized carbons (Fsp3) is 0.500. The van der Waals surface area contributed by atoms with Crippen molar-refractivity contribution in [3.63, 3.8) is 0 Å². The van der Waals surface area contributed by atoms with Crippen LogP contribution in [-0.4, -0.2) is 18.5 Å². The second-order valence-corrected chi connectivity index (χ2v) is 5.83. The van der Waals surface area contributed by atoms with E-state index >= 15 is 0 Å². The van der Waals surface area contributed by atoms with Crippen LogP contribution in [0.2, 0.25) is 10.0 Å². The van der Waals surface area contributed by atoms with Gasteiger partial charge >= 0.3 is 0 Å². The molecule has 0 bridgehead atoms. The average molecular weight is 319 g/mol. The van der Waals surface area contributed by atoms with Crippen molar-refractivity contribution < 1.29 is 9.18 Å². The van der Waals surface area contributed by atoms with Crippen LogP contribution in [-0.2, 0) is 4.79 Å². The lowest BCUT2D eigenvalue weighted by Crippen LogP contribution is -2.43. The molecule has 1 aromatic carbocycles. The number of hydrogen-bond donors (Lipinski definition) is 2. The van der Waals surface area contributed by atoms with Gasteiger partial charge in [0, 0.05) is 17.6 Å². The normalized spacial score (nSPS) is 21.2. The summed E-state index contributed by atoms with van der Waals surface area (Å²) < 4.78 is 13.5. The Morgan fingerprint density at radius 1 is 1.35 bits per heavy atom. The van der Waals surface area contributed by atoms with E-state index in [9.17, 15) is 9.18 Å². The molecule has 0 spiro atoms. The lowest BCUT2D eigenvalue weighted by atomic mass is 10.0. The van der Waals surface area contributed by atoms with Crippen molar-refractivity contribution in [1.29, 1.82) is 0 Å². The van der Waals surface area contributed by atoms with Crippen LogP contribution in [0, 0.1) is 5.82 Å². The second-order valence-electron chi connectivity index (χ2n) is 5.02. The lowest BCUT2D eigenvalue weighted by molar-refractivity contribution is -0.123. The molecule has 2 rings (SSSR count). The summed E-state index contributed by atoms with van der Waals surface area (Å²) in [6, 6.07) is 2.20. The first-order chi connectivity index (χ1) is 9.49. The standard InChI is InChI=1S/C14H17Cl2FN2O/c1-8(9-6-12(17)11(16)7-10(9)15)19-13-4-2-3-5-18-14(13)20/h6-8,13,19H,2-5H2,1H3,(H,18,20)/t8-,13+/m0/s1. The topological polar surface area (TPSA) is 41.1 Å².